The predicted octanol–water partition coefficient (Wildman–Crippen LogP) is 1.13. The Morgan fingerprint density at radius 2 is 2.27 bits per heavy atom. The molecule has 54 valence electrons. The summed E-state index contributed by atoms with van der Waals surface area (Å²) in [7, 11) is 0. The molecule has 0 heterocycles. The Hall–Kier alpha value is -0.0979. The van der Waals surface area contributed by atoms with Gasteiger partial charge >= 0.3 is 86.9 Å². The topological polar surface area (TPSA) is 38.4 Å². The first kappa shape index (κ1) is 8.99. The van der Waals surface area contributed by atoms with Crippen molar-refractivity contribution in [2.24, 2.45) is 8.54 Å². The Morgan fingerprint density at radius 3 is 2.82 bits per heavy atom. The van der Waals surface area contributed by atoms with Crippen molar-refractivity contribution in [3.8, 4) is 0 Å². The molecule has 0 amide bonds. The molecule has 0 aliphatic heterocycles. The summed E-state index contributed by atoms with van der Waals surface area (Å²) in [6.07, 6.45) is 0. The Bertz CT molecular complexity index is 286. The minimum atomic E-state index is 0.541. The van der Waals surface area contributed by atoms with Crippen LogP contribution < -0.4 is 5.73 Å². The zero-order valence-corrected chi connectivity index (χ0v) is 11.0. The van der Waals surface area contributed by atoms with Crippen LogP contribution in [0.4, 0.5) is 0 Å². The van der Waals surface area contributed by atoms with Crippen molar-refractivity contribution in [1.29, 1.82) is 0 Å². The van der Waals surface area contributed by atoms with Crippen molar-refractivity contribution in [3.63, 3.8) is 0 Å². The first-order valence-corrected chi connectivity index (χ1v) is 5.42. The molecule has 0 spiro atoms. The molecule has 0 fully saturated rings. The molecule has 1 aromatic carbocycles. The van der Waals surface area contributed by atoms with Gasteiger partial charge in [-0.2, -0.15) is 0 Å². The third kappa shape index (κ3) is 2.45. The van der Waals surface area contributed by atoms with Crippen molar-refractivity contribution >= 4 is 43.5 Å². The van der Waals surface area contributed by atoms with Gasteiger partial charge in [0.25, 0.3) is 0 Å². The summed E-state index contributed by atoms with van der Waals surface area (Å²) in [6, 6.07) is 7.38. The first-order valence-electron chi connectivity index (χ1n) is 3.03. The van der Waals surface area contributed by atoms with Gasteiger partial charge in [0.05, 0.1) is 0 Å². The third-order valence-electron chi connectivity index (χ3n) is 1.26. The predicted molar refractivity (Wildman–Crippen MR) is 47.9 cm³/mol. The van der Waals surface area contributed by atoms with E-state index in [1.807, 2.05) is 24.3 Å². The van der Waals surface area contributed by atoms with Crippen LogP contribution in [0.1, 0.15) is 5.56 Å². The van der Waals surface area contributed by atoms with Crippen molar-refractivity contribution in [2.75, 3.05) is 0 Å². The summed E-state index contributed by atoms with van der Waals surface area (Å²) in [5.74, 6) is 0.581. The van der Waals surface area contributed by atoms with E-state index in [1.54, 1.807) is 0 Å². The van der Waals surface area contributed by atoms with Crippen LogP contribution in [0.3, 0.4) is 0 Å². The van der Waals surface area contributed by atoms with Crippen LogP contribution in [0.25, 0.3) is 0 Å². The van der Waals surface area contributed by atoms with Crippen LogP contribution in [0.5, 0.6) is 0 Å². The van der Waals surface area contributed by atoms with Gasteiger partial charge in [-0.1, -0.05) is 0 Å². The summed E-state index contributed by atoms with van der Waals surface area (Å²) in [5.41, 5.74) is 6.50. The van der Waals surface area contributed by atoms with E-state index >= 15 is 0 Å². The number of halogens is 1. The molecule has 0 radical (unpaired) electrons. The molecule has 0 aromatic heterocycles. The van der Waals surface area contributed by atoms with Gasteiger partial charge in [-0.05, 0) is 0 Å². The van der Waals surface area contributed by atoms with E-state index in [0.29, 0.717) is 36.9 Å². The van der Waals surface area contributed by atoms with Gasteiger partial charge < -0.3 is 0 Å². The average Bonchev–Trinajstić information content (AvgIpc) is 2.03. The molecular weight excluding hydrogens is 352 g/mol. The van der Waals surface area contributed by atoms with E-state index in [0.717, 1.165) is 5.56 Å². The van der Waals surface area contributed by atoms with Crippen molar-refractivity contribution in [1.82, 2.24) is 0 Å². The molecule has 2 N–H and O–H groups in total. The second-order valence-corrected chi connectivity index (χ2v) is 3.46. The van der Waals surface area contributed by atoms with Crippen LogP contribution >= 0.6 is 11.6 Å². The molecule has 11 heavy (non-hydrogen) atoms. The molecule has 0 saturated carbocycles. The SMILES string of the molecule is NC(=[N][Tl])c1cccc(Cl)c1. The van der Waals surface area contributed by atoms with Crippen LogP contribution in [0, 0.1) is 0 Å². The second-order valence-electron chi connectivity index (χ2n) is 2.02. The minimum absolute atomic E-state index is 0.541. The normalized spacial score (nSPS) is 11.5. The number of benzene rings is 1. The monoisotopic (exact) mass is 358 g/mol. The molecule has 0 saturated heterocycles. The van der Waals surface area contributed by atoms with E-state index < -0.39 is 0 Å². The summed E-state index contributed by atoms with van der Waals surface area (Å²) in [6.45, 7) is 0. The molecule has 0 bridgehead atoms. The summed E-state index contributed by atoms with van der Waals surface area (Å²) >= 11 is 6.29. The number of hydrogen-bond donors (Lipinski definition) is 1. The molecule has 1 aromatic rings. The molecule has 4 heteroatoms. The fourth-order valence-electron chi connectivity index (χ4n) is 0.722. The summed E-state index contributed by atoms with van der Waals surface area (Å²) < 4.78 is 4.00. The average molecular weight is 358 g/mol. The Balaban J connectivity index is 3.06. The van der Waals surface area contributed by atoms with Gasteiger partial charge in [0.15, 0.2) is 0 Å². The fraction of sp³-hybridized carbons (Fsp3) is 0. The molecule has 0 unspecified atom stereocenters. The molecule has 0 aliphatic carbocycles. The molecule has 2 nitrogen and oxygen atoms in total. The zero-order valence-electron chi connectivity index (χ0n) is 5.79. The van der Waals surface area contributed by atoms with E-state index in [-0.39, 0.29) is 0 Å². The van der Waals surface area contributed by atoms with E-state index in [1.165, 1.54) is 0 Å². The number of rotatable bonds is 1. The molecule has 0 aliphatic rings. The second kappa shape index (κ2) is 4.06. The summed E-state index contributed by atoms with van der Waals surface area (Å²) in [5, 5.41) is 0.694. The van der Waals surface area contributed by atoms with Crippen molar-refractivity contribution in [2.45, 2.75) is 0 Å². The van der Waals surface area contributed by atoms with E-state index in [4.69, 9.17) is 17.3 Å². The van der Waals surface area contributed by atoms with E-state index in [2.05, 4.69) is 2.80 Å². The number of nitrogens with zero attached hydrogens (tertiary/aromatic N) is 1. The zero-order chi connectivity index (χ0) is 8.27. The van der Waals surface area contributed by atoms with Crippen LogP contribution in [0.15, 0.2) is 27.1 Å². The van der Waals surface area contributed by atoms with Gasteiger partial charge in [-0.25, -0.2) is 0 Å². The molecule has 1 rings (SSSR count). The van der Waals surface area contributed by atoms with Gasteiger partial charge in [-0.3, -0.25) is 0 Å². The Kier molecular flexibility index (Phi) is 3.32. The van der Waals surface area contributed by atoms with Crippen molar-refractivity contribution in [3.05, 3.63) is 34.9 Å². The third-order valence-corrected chi connectivity index (χ3v) is 2.58. The Morgan fingerprint density at radius 1 is 1.55 bits per heavy atom. The number of hydrogen-bond acceptors (Lipinski definition) is 1. The Labute approximate surface area is 86.6 Å². The van der Waals surface area contributed by atoms with Crippen LogP contribution in [-0.4, -0.2) is 31.9 Å². The van der Waals surface area contributed by atoms with Gasteiger partial charge in [-0.15, -0.1) is 0 Å². The van der Waals surface area contributed by atoms with Crippen LogP contribution in [-0.2, 0) is 0 Å². The number of amidine groups is 1. The van der Waals surface area contributed by atoms with Gasteiger partial charge in [0.2, 0.25) is 0 Å². The maximum absolute atomic E-state index is 5.75. The molecule has 0 atom stereocenters. The van der Waals surface area contributed by atoms with E-state index in [9.17, 15) is 0 Å². The number of nitrogens with two attached hydrogens (primary N) is 1. The fourth-order valence-corrected chi connectivity index (χ4v) is 1.49. The maximum atomic E-state index is 5.75. The summed E-state index contributed by atoms with van der Waals surface area (Å²) in [4.78, 5) is 0. The molecular formula is C7H6ClN2Tl. The van der Waals surface area contributed by atoms with Gasteiger partial charge in [0.1, 0.15) is 0 Å². The standard InChI is InChI=1S/C7H6ClN2.Tl/c8-6-3-1-2-5(4-6)7(9)10;/h1-4H,(H2-,9,10);/q-1;+1. The van der Waals surface area contributed by atoms with Crippen LogP contribution in [0.2, 0.25) is 5.02 Å². The quantitative estimate of drug-likeness (QED) is 0.456. The van der Waals surface area contributed by atoms with Crippen molar-refractivity contribution < 1.29 is 0 Å². The van der Waals surface area contributed by atoms with Gasteiger partial charge in [0, 0.05) is 0 Å². The first-order chi connectivity index (χ1) is 5.24.